The Morgan fingerprint density at radius 3 is 2.29 bits per heavy atom. The first-order chi connectivity index (χ1) is 41.6. The molecule has 7 aromatic rings. The number of aliphatic hydroxyl groups is 1. The van der Waals surface area contributed by atoms with Gasteiger partial charge in [-0.05, 0) is 153 Å². The van der Waals surface area contributed by atoms with Crippen LogP contribution >= 0.6 is 22.7 Å². The summed E-state index contributed by atoms with van der Waals surface area (Å²) in [5.74, 6) is -0.777. The number of aromatic nitrogens is 5. The van der Waals surface area contributed by atoms with Crippen molar-refractivity contribution >= 4 is 83.4 Å². The monoisotopic (exact) mass is 1230 g/mol. The van der Waals surface area contributed by atoms with Crippen molar-refractivity contribution in [2.45, 2.75) is 143 Å². The number of benzene rings is 3. The Hall–Kier alpha value is -7.40. The molecule has 456 valence electrons. The number of pyridine rings is 1. The van der Waals surface area contributed by atoms with Crippen LogP contribution in [0.2, 0.25) is 0 Å². The molecule has 4 saturated carbocycles. The molecule has 5 fully saturated rings. The van der Waals surface area contributed by atoms with Gasteiger partial charge in [-0.25, -0.2) is 28.1 Å². The number of sulfonamides is 1. The van der Waals surface area contributed by atoms with E-state index in [2.05, 4.69) is 35.3 Å². The average molecular weight is 1230 g/mol. The number of para-hydroxylation sites is 1. The second kappa shape index (κ2) is 23.9. The molecule has 19 nitrogen and oxygen atoms in total. The number of carbonyl (C=O) groups is 5. The molecule has 22 heteroatoms. The van der Waals surface area contributed by atoms with Gasteiger partial charge >= 0.3 is 0 Å². The summed E-state index contributed by atoms with van der Waals surface area (Å²) in [6.07, 6.45) is 8.36. The molecule has 0 radical (unpaired) electrons. The summed E-state index contributed by atoms with van der Waals surface area (Å²) in [5.41, 5.74) is 8.81. The fourth-order valence-electron chi connectivity index (χ4n) is 14.7. The number of rotatable bonds is 18. The summed E-state index contributed by atoms with van der Waals surface area (Å²) < 4.78 is 33.3. The van der Waals surface area contributed by atoms with Crippen molar-refractivity contribution < 1.29 is 37.5 Å². The molecular formula is C65H75N11O8S3. The number of fused-ring (bicyclic) bond motifs is 2. The highest BCUT2D eigenvalue weighted by molar-refractivity contribution is 7.90. The second-order valence-corrected chi connectivity index (χ2v) is 29.8. The first-order valence-corrected chi connectivity index (χ1v) is 33.6. The number of anilines is 2. The van der Waals surface area contributed by atoms with Gasteiger partial charge < -0.3 is 25.5 Å². The fourth-order valence-corrected chi connectivity index (χ4v) is 17.4. The number of amides is 5. The van der Waals surface area contributed by atoms with Gasteiger partial charge in [0.2, 0.25) is 27.7 Å². The van der Waals surface area contributed by atoms with E-state index in [-0.39, 0.29) is 49.4 Å². The highest BCUT2D eigenvalue weighted by Crippen LogP contribution is 2.60. The molecule has 87 heavy (non-hydrogen) atoms. The van der Waals surface area contributed by atoms with Crippen molar-refractivity contribution in [3.8, 4) is 21.6 Å². The highest BCUT2D eigenvalue weighted by atomic mass is 32.2. The maximum atomic E-state index is 14.7. The number of hydrogen-bond donors (Lipinski definition) is 5. The van der Waals surface area contributed by atoms with E-state index in [4.69, 9.17) is 10.1 Å². The van der Waals surface area contributed by atoms with Crippen molar-refractivity contribution in [3.05, 3.63) is 130 Å². The van der Waals surface area contributed by atoms with E-state index >= 15 is 0 Å². The Morgan fingerprint density at radius 2 is 1.59 bits per heavy atom. The smallest absolute Gasteiger partial charge is 0.284 e. The lowest BCUT2D eigenvalue weighted by Crippen LogP contribution is -2.57. The predicted octanol–water partition coefficient (Wildman–Crippen LogP) is 9.54. The van der Waals surface area contributed by atoms with Crippen LogP contribution in [0.15, 0.2) is 90.6 Å². The van der Waals surface area contributed by atoms with Crippen molar-refractivity contribution in [2.24, 2.45) is 28.6 Å². The van der Waals surface area contributed by atoms with Crippen molar-refractivity contribution in [2.75, 3.05) is 29.1 Å². The lowest BCUT2D eigenvalue weighted by molar-refractivity contribution is -0.144. The molecule has 4 atom stereocenters. The normalized spacial score (nSPS) is 22.2. The molecule has 5 amide bonds. The van der Waals surface area contributed by atoms with E-state index in [1.54, 1.807) is 55.9 Å². The van der Waals surface area contributed by atoms with Crippen molar-refractivity contribution in [3.63, 3.8) is 0 Å². The summed E-state index contributed by atoms with van der Waals surface area (Å²) in [5, 5.41) is 25.1. The van der Waals surface area contributed by atoms with Crippen molar-refractivity contribution in [1.29, 1.82) is 0 Å². The molecule has 3 aromatic carbocycles. The van der Waals surface area contributed by atoms with Gasteiger partial charge in [0.1, 0.15) is 23.6 Å². The Morgan fingerprint density at radius 1 is 0.851 bits per heavy atom. The summed E-state index contributed by atoms with van der Waals surface area (Å²) in [7, 11) is -4.39. The number of hydrogen-bond acceptors (Lipinski definition) is 15. The minimum atomic E-state index is -4.39. The standard InChI is InChI=1S/C65H75N11O8S3/c1-37(43-16-18-45(19-17-43)57-38(2)66-36-85-57)68-60(80)52-28-46(77)33-75(52)62(82)58(64(4,5)6)71-55(78)15-10-24-87(83,84)73-61(81)56-47(49-32-67-76(39(49)3)35-65-29-40-25-41(30-65)27-42(26-40)31-65)20-21-54(70-56)74-23-22-44-11-9-12-48(50(44)34-74)59(79)72-63-69-51-13-7-8-14-53(51)86-63/h7-9,11-14,16-21,32,36-37,40-42,46,52,58,77H,10,15,22-31,33-35H2,1-6H3,(H,68,80)(H,71,78)(H,73,81)(H,69,72,79)/t37?,40?,41?,42?,46-,52+,58?,65?/m1/s1. The second-order valence-electron chi connectivity index (χ2n) is 26.1. The first kappa shape index (κ1) is 59.9. The van der Waals surface area contributed by atoms with Crippen LogP contribution in [0.25, 0.3) is 31.8 Å². The molecule has 5 N–H and O–H groups in total. The molecule has 2 unspecified atom stereocenters. The van der Waals surface area contributed by atoms with Crippen LogP contribution in [0.1, 0.15) is 140 Å². The van der Waals surface area contributed by atoms with E-state index in [1.165, 1.54) is 54.8 Å². The number of aryl methyl sites for hydroxylation is 1. The van der Waals surface area contributed by atoms with Gasteiger partial charge in [-0.15, -0.1) is 11.3 Å². The number of likely N-dealkylation sites (tertiary alicyclic amines) is 1. The van der Waals surface area contributed by atoms with Gasteiger partial charge in [0.25, 0.3) is 11.8 Å². The Kier molecular flexibility index (Phi) is 16.5. The zero-order chi connectivity index (χ0) is 61.1. The van der Waals surface area contributed by atoms with Gasteiger partial charge in [0, 0.05) is 61.4 Å². The third-order valence-corrected chi connectivity index (χ3v) is 21.9. The van der Waals surface area contributed by atoms with Crippen LogP contribution in [0.4, 0.5) is 10.9 Å². The zero-order valence-electron chi connectivity index (χ0n) is 50.0. The third-order valence-electron chi connectivity index (χ3n) is 18.6. The quantitative estimate of drug-likeness (QED) is 0.0538. The Balaban J connectivity index is 0.730. The number of nitrogens with zero attached hydrogens (tertiary/aromatic N) is 7. The molecule has 6 aliphatic rings. The molecule has 4 bridgehead atoms. The third kappa shape index (κ3) is 12.7. The van der Waals surface area contributed by atoms with Gasteiger partial charge in [0.05, 0.1) is 50.4 Å². The van der Waals surface area contributed by atoms with E-state index in [0.717, 1.165) is 73.0 Å². The first-order valence-electron chi connectivity index (χ1n) is 30.3. The summed E-state index contributed by atoms with van der Waals surface area (Å²) >= 11 is 2.95. The van der Waals surface area contributed by atoms with Crippen LogP contribution < -0.4 is 25.6 Å². The van der Waals surface area contributed by atoms with Crippen LogP contribution in [0.3, 0.4) is 0 Å². The molecule has 2 aliphatic heterocycles. The zero-order valence-corrected chi connectivity index (χ0v) is 52.4. The molecule has 13 rings (SSSR count). The molecule has 6 heterocycles. The van der Waals surface area contributed by atoms with Crippen LogP contribution in [-0.4, -0.2) is 110 Å². The maximum Gasteiger partial charge on any atom is 0.284 e. The summed E-state index contributed by atoms with van der Waals surface area (Å²) in [6, 6.07) is 22.2. The summed E-state index contributed by atoms with van der Waals surface area (Å²) in [4.78, 5) is 89.1. The van der Waals surface area contributed by atoms with Crippen molar-refractivity contribution in [1.82, 2.24) is 45.0 Å². The van der Waals surface area contributed by atoms with E-state index in [9.17, 15) is 37.5 Å². The van der Waals surface area contributed by atoms with E-state index < -0.39 is 69.0 Å². The van der Waals surface area contributed by atoms with Crippen LogP contribution in [-0.2, 0) is 43.9 Å². The van der Waals surface area contributed by atoms with Gasteiger partial charge in [-0.1, -0.05) is 80.6 Å². The SMILES string of the molecule is Cc1ncsc1-c1ccc(C(C)NC(=O)[C@@H]2C[C@@H](O)CN2C(=O)C(NC(=O)CCCS(=O)(=O)NC(=O)c2nc(N3CCc4cccc(C(=O)Nc5nc6ccccc6s5)c4C3)ccc2-c2cnn(CC34CC5CC(CC(C5)C3)C4)c2C)C(C)(C)C)cc1. The van der Waals surface area contributed by atoms with E-state index in [0.29, 0.717) is 40.6 Å². The predicted molar refractivity (Wildman–Crippen MR) is 336 cm³/mol. The number of thiazole rings is 2. The van der Waals surface area contributed by atoms with Gasteiger partial charge in [-0.2, -0.15) is 5.10 Å². The number of carbonyl (C=O) groups excluding carboxylic acids is 5. The number of aliphatic hydroxyl groups excluding tert-OH is 1. The van der Waals surface area contributed by atoms with Crippen LogP contribution in [0, 0.1) is 42.4 Å². The van der Waals surface area contributed by atoms with Gasteiger partial charge in [0.15, 0.2) is 5.13 Å². The lowest BCUT2D eigenvalue weighted by atomic mass is 9.49. The molecular weight excluding hydrogens is 1160 g/mol. The fraction of sp³-hybridized carbons (Fsp3) is 0.462. The Bertz CT molecular complexity index is 3860. The molecule has 0 spiro atoms. The summed E-state index contributed by atoms with van der Waals surface area (Å²) in [6.45, 7) is 12.6. The minimum Gasteiger partial charge on any atom is -0.391 e. The highest BCUT2D eigenvalue weighted by Gasteiger charge is 2.51. The molecule has 4 aromatic heterocycles. The Labute approximate surface area is 515 Å². The average Bonchev–Trinajstić information content (AvgIpc) is 1.57. The van der Waals surface area contributed by atoms with E-state index in [1.807, 2.05) is 92.4 Å². The topological polar surface area (TPSA) is 251 Å². The minimum absolute atomic E-state index is 0.00919. The van der Waals surface area contributed by atoms with Crippen LogP contribution in [0.5, 0.6) is 0 Å². The largest absolute Gasteiger partial charge is 0.391 e. The molecule has 4 aliphatic carbocycles. The molecule has 1 saturated heterocycles. The lowest BCUT2D eigenvalue weighted by Gasteiger charge is -2.56. The number of β-amino-alcohol motifs (C(OH)–C–C–N with tert-alkyl or cyclic N) is 1. The maximum absolute atomic E-state index is 14.7. The number of nitrogens with one attached hydrogen (secondary N) is 4. The van der Waals surface area contributed by atoms with Gasteiger partial charge in [-0.3, -0.25) is 34.0 Å².